The molecule has 0 unspecified atom stereocenters. The van der Waals surface area contributed by atoms with Gasteiger partial charge in [0.25, 0.3) is 0 Å². The van der Waals surface area contributed by atoms with Crippen molar-refractivity contribution in [1.29, 1.82) is 0 Å². The van der Waals surface area contributed by atoms with Crippen LogP contribution in [0.5, 0.6) is 11.5 Å². The fourth-order valence-electron chi connectivity index (χ4n) is 1.85. The van der Waals surface area contributed by atoms with E-state index in [4.69, 9.17) is 9.47 Å². The summed E-state index contributed by atoms with van der Waals surface area (Å²) >= 11 is 3.59. The van der Waals surface area contributed by atoms with Crippen LogP contribution in [-0.2, 0) is 6.54 Å². The van der Waals surface area contributed by atoms with Gasteiger partial charge in [-0.25, -0.2) is 0 Å². The Bertz CT molecular complexity index is 447. The molecule has 0 amide bonds. The minimum Gasteiger partial charge on any atom is -0.490 e. The van der Waals surface area contributed by atoms with Crippen LogP contribution < -0.4 is 14.8 Å². The molecule has 0 aromatic heterocycles. The zero-order chi connectivity index (χ0) is 15.7. The van der Waals surface area contributed by atoms with Crippen molar-refractivity contribution in [1.82, 2.24) is 5.32 Å². The molecule has 0 aliphatic carbocycles. The summed E-state index contributed by atoms with van der Waals surface area (Å²) in [6.45, 7) is 12.1. The monoisotopic (exact) mass is 355 g/mol. The van der Waals surface area contributed by atoms with Crippen molar-refractivity contribution >= 4 is 15.9 Å². The molecule has 0 atom stereocenters. The van der Waals surface area contributed by atoms with Gasteiger partial charge in [0, 0.05) is 12.6 Å². The number of rotatable bonds is 10. The van der Waals surface area contributed by atoms with E-state index >= 15 is 0 Å². The molecule has 1 N–H and O–H groups in total. The van der Waals surface area contributed by atoms with Gasteiger partial charge in [-0.2, -0.15) is 0 Å². The fourth-order valence-corrected chi connectivity index (χ4v) is 2.45. The predicted octanol–water partition coefficient (Wildman–Crippen LogP) is 4.69. The van der Waals surface area contributed by atoms with Crippen LogP contribution in [0, 0.1) is 0 Å². The van der Waals surface area contributed by atoms with E-state index in [2.05, 4.69) is 47.7 Å². The predicted molar refractivity (Wildman–Crippen MR) is 92.2 cm³/mol. The van der Waals surface area contributed by atoms with Gasteiger partial charge in [0.05, 0.1) is 17.7 Å². The zero-order valence-corrected chi connectivity index (χ0v) is 14.8. The molecule has 0 aliphatic heterocycles. The van der Waals surface area contributed by atoms with E-state index in [9.17, 15) is 0 Å². The van der Waals surface area contributed by atoms with Gasteiger partial charge < -0.3 is 14.8 Å². The Kier molecular flexibility index (Phi) is 8.47. The Morgan fingerprint density at radius 3 is 2.71 bits per heavy atom. The number of halogens is 1. The minimum absolute atomic E-state index is 0.453. The summed E-state index contributed by atoms with van der Waals surface area (Å²) in [4.78, 5) is 0. The van der Waals surface area contributed by atoms with E-state index in [1.165, 1.54) is 5.56 Å². The zero-order valence-electron chi connectivity index (χ0n) is 13.2. The average molecular weight is 356 g/mol. The van der Waals surface area contributed by atoms with Gasteiger partial charge in [-0.05, 0) is 53.4 Å². The van der Waals surface area contributed by atoms with Crippen LogP contribution in [0.1, 0.15) is 39.2 Å². The smallest absolute Gasteiger partial charge is 0.175 e. The SMILES string of the molecule is C=CCCCOc1c(Br)cc(CNC(C)C)cc1OCC. The van der Waals surface area contributed by atoms with Crippen molar-refractivity contribution in [3.8, 4) is 11.5 Å². The van der Waals surface area contributed by atoms with Gasteiger partial charge in [0.2, 0.25) is 0 Å². The maximum atomic E-state index is 5.86. The number of allylic oxidation sites excluding steroid dienone is 1. The molecule has 0 radical (unpaired) electrons. The van der Waals surface area contributed by atoms with E-state index in [1.54, 1.807) is 0 Å². The number of benzene rings is 1. The lowest BCUT2D eigenvalue weighted by Gasteiger charge is -2.16. The van der Waals surface area contributed by atoms with E-state index in [0.29, 0.717) is 19.3 Å². The van der Waals surface area contributed by atoms with Crippen LogP contribution in [0.4, 0.5) is 0 Å². The average Bonchev–Trinajstić information content (AvgIpc) is 2.43. The first-order chi connectivity index (χ1) is 10.1. The summed E-state index contributed by atoms with van der Waals surface area (Å²) in [5.41, 5.74) is 1.18. The van der Waals surface area contributed by atoms with Gasteiger partial charge in [-0.3, -0.25) is 0 Å². The Hall–Kier alpha value is -1.00. The highest BCUT2D eigenvalue weighted by molar-refractivity contribution is 9.10. The van der Waals surface area contributed by atoms with Crippen molar-refractivity contribution in [3.63, 3.8) is 0 Å². The van der Waals surface area contributed by atoms with Crippen LogP contribution in [0.15, 0.2) is 29.3 Å². The second kappa shape index (κ2) is 9.85. The molecule has 0 saturated heterocycles. The molecule has 118 valence electrons. The lowest BCUT2D eigenvalue weighted by atomic mass is 10.2. The van der Waals surface area contributed by atoms with Crippen molar-refractivity contribution in [2.45, 2.75) is 46.2 Å². The third-order valence-corrected chi connectivity index (χ3v) is 3.47. The number of hydrogen-bond donors (Lipinski definition) is 1. The molecule has 4 heteroatoms. The molecule has 21 heavy (non-hydrogen) atoms. The summed E-state index contributed by atoms with van der Waals surface area (Å²) < 4.78 is 12.5. The van der Waals surface area contributed by atoms with Crippen LogP contribution >= 0.6 is 15.9 Å². The lowest BCUT2D eigenvalue weighted by Crippen LogP contribution is -2.21. The molecule has 0 heterocycles. The number of unbranched alkanes of at least 4 members (excludes halogenated alkanes) is 1. The van der Waals surface area contributed by atoms with Crippen LogP contribution in [0.3, 0.4) is 0 Å². The summed E-state index contributed by atoms with van der Waals surface area (Å²) in [5, 5.41) is 3.41. The standard InChI is InChI=1S/C17H26BrNO2/c1-5-7-8-9-21-17-15(18)10-14(12-19-13(3)4)11-16(17)20-6-2/h5,10-11,13,19H,1,6-9,12H2,2-4H3. The maximum Gasteiger partial charge on any atom is 0.175 e. The number of ether oxygens (including phenoxy) is 2. The highest BCUT2D eigenvalue weighted by Crippen LogP contribution is 2.37. The van der Waals surface area contributed by atoms with Crippen molar-refractivity contribution in [2.24, 2.45) is 0 Å². The summed E-state index contributed by atoms with van der Waals surface area (Å²) in [5.74, 6) is 1.58. The molecule has 0 aliphatic rings. The molecular formula is C17H26BrNO2. The third kappa shape index (κ3) is 6.53. The molecule has 0 spiro atoms. The quantitative estimate of drug-likeness (QED) is 0.487. The minimum atomic E-state index is 0.453. The normalized spacial score (nSPS) is 10.7. The molecule has 1 aromatic carbocycles. The topological polar surface area (TPSA) is 30.5 Å². The van der Waals surface area contributed by atoms with Gasteiger partial charge in [-0.15, -0.1) is 6.58 Å². The third-order valence-electron chi connectivity index (χ3n) is 2.88. The maximum absolute atomic E-state index is 5.86. The van der Waals surface area contributed by atoms with Gasteiger partial charge in [-0.1, -0.05) is 19.9 Å². The Balaban J connectivity index is 2.82. The molecule has 1 aromatic rings. The summed E-state index contributed by atoms with van der Waals surface area (Å²) in [6, 6.07) is 4.59. The largest absolute Gasteiger partial charge is 0.490 e. The second-order valence-electron chi connectivity index (χ2n) is 5.15. The van der Waals surface area contributed by atoms with Gasteiger partial charge in [0.1, 0.15) is 0 Å². The van der Waals surface area contributed by atoms with Crippen molar-refractivity contribution < 1.29 is 9.47 Å². The van der Waals surface area contributed by atoms with Gasteiger partial charge in [0.15, 0.2) is 11.5 Å². The van der Waals surface area contributed by atoms with Crippen molar-refractivity contribution in [2.75, 3.05) is 13.2 Å². The van der Waals surface area contributed by atoms with Crippen LogP contribution in [0.2, 0.25) is 0 Å². The first kappa shape index (κ1) is 18.1. The summed E-state index contributed by atoms with van der Waals surface area (Å²) in [7, 11) is 0. The molecule has 1 rings (SSSR count). The van der Waals surface area contributed by atoms with E-state index < -0.39 is 0 Å². The van der Waals surface area contributed by atoms with E-state index in [1.807, 2.05) is 19.1 Å². The Morgan fingerprint density at radius 2 is 2.10 bits per heavy atom. The lowest BCUT2D eigenvalue weighted by molar-refractivity contribution is 0.272. The molecule has 0 bridgehead atoms. The number of hydrogen-bond acceptors (Lipinski definition) is 3. The first-order valence-electron chi connectivity index (χ1n) is 7.50. The second-order valence-corrected chi connectivity index (χ2v) is 6.01. The molecule has 0 saturated carbocycles. The first-order valence-corrected chi connectivity index (χ1v) is 8.30. The fraction of sp³-hybridized carbons (Fsp3) is 0.529. The highest BCUT2D eigenvalue weighted by Gasteiger charge is 2.12. The van der Waals surface area contributed by atoms with Gasteiger partial charge >= 0.3 is 0 Å². The van der Waals surface area contributed by atoms with E-state index in [-0.39, 0.29) is 0 Å². The van der Waals surface area contributed by atoms with Crippen molar-refractivity contribution in [3.05, 3.63) is 34.8 Å². The molecule has 0 fully saturated rings. The number of nitrogens with one attached hydrogen (secondary N) is 1. The Labute approximate surface area is 136 Å². The van der Waals surface area contributed by atoms with Crippen LogP contribution in [0.25, 0.3) is 0 Å². The van der Waals surface area contributed by atoms with E-state index in [0.717, 1.165) is 35.4 Å². The summed E-state index contributed by atoms with van der Waals surface area (Å²) in [6.07, 6.45) is 3.82. The van der Waals surface area contributed by atoms with Crippen LogP contribution in [-0.4, -0.2) is 19.3 Å². The highest BCUT2D eigenvalue weighted by atomic mass is 79.9. The Morgan fingerprint density at radius 1 is 1.33 bits per heavy atom. The molecular weight excluding hydrogens is 330 g/mol. The molecule has 3 nitrogen and oxygen atoms in total.